The molecule has 1 N–H and O–H groups in total. The van der Waals surface area contributed by atoms with Crippen LogP contribution in [-0.2, 0) is 124 Å². The fraction of sp³-hybridized carbons (Fsp3) is 0. The minimum absolute atomic E-state index is 0.335. The van der Waals surface area contributed by atoms with Gasteiger partial charge in [-0.15, -0.1) is 8.67 Å². The van der Waals surface area contributed by atoms with Crippen LogP contribution in [0.4, 0.5) is 0 Å². The fourth-order valence-corrected chi connectivity index (χ4v) is 0.725. The molecule has 0 aromatic heterocycles. The van der Waals surface area contributed by atoms with Crippen LogP contribution < -0.4 is 0 Å². The summed E-state index contributed by atoms with van der Waals surface area (Å²) in [4.78, 5) is 8.10. The topological polar surface area (TPSA) is 493 Å². The third kappa shape index (κ3) is 37.7. The maximum atomic E-state index is 6.25. The fourth-order valence-electron chi connectivity index (χ4n) is 0.676. The van der Waals surface area contributed by atoms with E-state index in [0.717, 1.165) is 0 Å². The van der Waals surface area contributed by atoms with E-state index < -0.39 is 0 Å². The smallest absolute Gasteiger partial charge is 0.0559 e. The van der Waals surface area contributed by atoms with E-state index in [9.17, 15) is 0 Å². The van der Waals surface area contributed by atoms with Crippen molar-refractivity contribution in [2.45, 2.75) is 0 Å². The van der Waals surface area contributed by atoms with Gasteiger partial charge in [0.1, 0.15) is 0 Å². The molecule has 0 rings (SSSR count). The van der Waals surface area contributed by atoms with Crippen LogP contribution in [0.2, 0.25) is 0 Å². The molecule has 0 saturated carbocycles. The first-order valence-corrected chi connectivity index (χ1v) is 9.32. The molecule has 0 amide bonds. The summed E-state index contributed by atoms with van der Waals surface area (Å²) in [5, 5.41) is 130. The van der Waals surface area contributed by atoms with E-state index in [0.29, 0.717) is 0 Å². The Morgan fingerprint density at radius 3 is 0.792 bits per heavy atom. The van der Waals surface area contributed by atoms with Gasteiger partial charge < -0.3 is 0 Å². The van der Waals surface area contributed by atoms with Crippen molar-refractivity contribution in [2.24, 2.45) is 99.2 Å². The Kier molecular flexibility index (Phi) is 36.7. The van der Waals surface area contributed by atoms with Crippen molar-refractivity contribution in [3.63, 3.8) is 0 Å². The molecule has 0 aromatic carbocycles. The van der Waals surface area contributed by atoms with Gasteiger partial charge in [-0.2, -0.15) is 5.53 Å². The van der Waals surface area contributed by atoms with Crippen molar-refractivity contribution >= 4 is 25.8 Å². The van der Waals surface area contributed by atoms with Crippen LogP contribution in [0.15, 0.2) is 99.2 Å². The van der Waals surface area contributed by atoms with Gasteiger partial charge in [0.2, 0.25) is 0 Å². The molecule has 0 bridgehead atoms. The molecule has 0 radical (unpaired) electrons. The molecule has 0 aromatic rings. The van der Waals surface area contributed by atoms with Gasteiger partial charge in [0, 0.05) is 83.3 Å². The zero-order valence-electron chi connectivity index (χ0n) is 20.5. The van der Waals surface area contributed by atoms with Gasteiger partial charge in [0.05, 0.1) is 5.34 Å². The summed E-state index contributed by atoms with van der Waals surface area (Å²) in [6.45, 7) is 0. The lowest BCUT2D eigenvalue weighted by Gasteiger charge is -2.07. The second kappa shape index (κ2) is 40.5. The predicted molar refractivity (Wildman–Crippen MR) is 95.8 cm³/mol. The normalized spacial score (nSPS) is 13.0. The lowest BCUT2D eigenvalue weighted by atomic mass is 12.3. The van der Waals surface area contributed by atoms with Crippen molar-refractivity contribution in [3.05, 3.63) is 0 Å². The van der Waals surface area contributed by atoms with Crippen molar-refractivity contribution in [3.8, 4) is 0 Å². The van der Waals surface area contributed by atoms with Gasteiger partial charge in [-0.25, -0.2) is 0 Å². The molecule has 48 heteroatoms. The maximum absolute atomic E-state index is 6.25. The summed E-state index contributed by atoms with van der Waals surface area (Å²) in [6.07, 6.45) is 0. The van der Waals surface area contributed by atoms with Gasteiger partial charge >= 0.3 is 0 Å². The maximum Gasteiger partial charge on any atom is 0.0559 e. The molecular formula is H3N21O25S2. The van der Waals surface area contributed by atoms with Gasteiger partial charge in [0.15, 0.2) is 0 Å². The second-order valence-corrected chi connectivity index (χ2v) is 3.97. The minimum atomic E-state index is -0.335. The van der Waals surface area contributed by atoms with E-state index in [-0.39, 0.29) is 5.34 Å². The first-order chi connectivity index (χ1) is 23.8. The first kappa shape index (κ1) is 43.5. The predicted octanol–water partition coefficient (Wildman–Crippen LogP) is 2.52. The number of hydrogen-bond donors (Lipinski definition) is 3. The lowest BCUT2D eigenvalue weighted by Crippen LogP contribution is -2.19. The molecule has 0 aliphatic carbocycles. The van der Waals surface area contributed by atoms with Crippen molar-refractivity contribution in [1.29, 1.82) is 5.53 Å². The van der Waals surface area contributed by atoms with E-state index in [2.05, 4.69) is 250 Å². The number of hydrogen-bond acceptors (Lipinski definition) is 29. The number of rotatable bonds is 35. The quantitative estimate of drug-likeness (QED) is 0.0208. The molecule has 48 heavy (non-hydrogen) atoms. The monoisotopic (exact) mass is 761 g/mol. The van der Waals surface area contributed by atoms with Crippen LogP contribution in [-0.4, -0.2) is 5.34 Å². The zero-order chi connectivity index (χ0) is 34.7. The van der Waals surface area contributed by atoms with Crippen LogP contribution in [0.25, 0.3) is 0 Å². The molecule has 0 unspecified atom stereocenters. The van der Waals surface area contributed by atoms with Gasteiger partial charge in [0.25, 0.3) is 0 Å². The van der Waals surface area contributed by atoms with Crippen molar-refractivity contribution in [1.82, 2.24) is 5.34 Å². The SMILES string of the molecule is N=N/N=N/N=N/N=N/N=N/N=N/N=N/N=N/N=N/N=N/N(OOOOOOOOOOOOS)OOOOOOOOOOOOOS. The summed E-state index contributed by atoms with van der Waals surface area (Å²) in [7, 11) is 0. The van der Waals surface area contributed by atoms with E-state index in [4.69, 9.17) is 5.53 Å². The Bertz CT molecular complexity index is 969. The Morgan fingerprint density at radius 2 is 0.521 bits per heavy atom. The zero-order valence-corrected chi connectivity index (χ0v) is 22.3. The molecule has 0 heterocycles. The minimum Gasteiger partial charge on any atom is -0.183 e. The van der Waals surface area contributed by atoms with Gasteiger partial charge in [-0.05, 0) is 158 Å². The van der Waals surface area contributed by atoms with Crippen LogP contribution in [0, 0.1) is 5.53 Å². The third-order valence-corrected chi connectivity index (χ3v) is 1.70. The summed E-state index contributed by atoms with van der Waals surface area (Å²) in [5.41, 5.74) is 6.25. The Labute approximate surface area is 261 Å². The van der Waals surface area contributed by atoms with E-state index in [1.54, 1.807) is 0 Å². The highest BCUT2D eigenvalue weighted by Crippen LogP contribution is 2.01. The van der Waals surface area contributed by atoms with Crippen LogP contribution in [0.1, 0.15) is 0 Å². The third-order valence-electron chi connectivity index (χ3n) is 1.57. The van der Waals surface area contributed by atoms with Crippen LogP contribution in [0.5, 0.6) is 0 Å². The molecule has 0 atom stereocenters. The first-order valence-electron chi connectivity index (χ1n) is 8.59. The molecule has 0 fully saturated rings. The van der Waals surface area contributed by atoms with Crippen LogP contribution in [0.3, 0.4) is 0 Å². The number of nitrogens with zero attached hydrogens (tertiary/aromatic N) is 20. The Morgan fingerprint density at radius 1 is 0.292 bits per heavy atom. The highest BCUT2D eigenvalue weighted by molar-refractivity contribution is 7.75. The average molecular weight is 761 g/mol. The lowest BCUT2D eigenvalue weighted by molar-refractivity contribution is -0.882. The molecule has 0 spiro atoms. The van der Waals surface area contributed by atoms with E-state index >= 15 is 0 Å². The van der Waals surface area contributed by atoms with Gasteiger partial charge in [-0.3, -0.25) is 0 Å². The molecular weight excluding hydrogens is 758 g/mol. The molecule has 0 aliphatic heterocycles. The number of nitrogens with one attached hydrogen (secondary N) is 1. The summed E-state index contributed by atoms with van der Waals surface area (Å²) < 4.78 is 7.19. The largest absolute Gasteiger partial charge is 0.183 e. The number of thiol groups is 2. The summed E-state index contributed by atoms with van der Waals surface area (Å²) in [6, 6.07) is 0. The van der Waals surface area contributed by atoms with Crippen LogP contribution >= 0.6 is 25.8 Å². The van der Waals surface area contributed by atoms with Crippen molar-refractivity contribution in [2.75, 3.05) is 0 Å². The highest BCUT2D eigenvalue weighted by Gasteiger charge is 2.10. The summed E-state index contributed by atoms with van der Waals surface area (Å²) in [5.74, 6) is 0. The van der Waals surface area contributed by atoms with E-state index in [1.165, 1.54) is 0 Å². The second-order valence-electron chi connectivity index (χ2n) is 3.67. The average Bonchev–Trinajstić information content (AvgIpc) is 3.10. The molecule has 270 valence electrons. The van der Waals surface area contributed by atoms with Crippen molar-refractivity contribution < 1.29 is 124 Å². The van der Waals surface area contributed by atoms with E-state index in [1.807, 2.05) is 0 Å². The highest BCUT2D eigenvalue weighted by atomic mass is 32.1. The Hall–Kier alpha value is -4.50. The summed E-state index contributed by atoms with van der Waals surface area (Å²) >= 11 is 6.13. The van der Waals surface area contributed by atoms with Gasteiger partial charge in [-0.1, -0.05) is 0 Å². The molecule has 0 aliphatic rings. The molecule has 46 nitrogen and oxygen atoms in total. The molecule has 0 saturated heterocycles. The standard InChI is InChI=1S/H3N21O25S2/c1-2-3-4-5-6-7-8-9-10-11-12-13-14-15-16-17-18-19-20-21(23-25-27-29-31-33-35-37-39-41-43-45-47)22-24-26-28-30-32-34-36-38-40-42-44-46-48/h1,47-48H/b2-1?,4-3+,6-5+,8-7+,10-9+,12-11+,14-13+,16-15+,18-17+,20-19+. The Balaban J connectivity index is 4.38.